The molecule has 2 aromatic rings. The first-order valence-electron chi connectivity index (χ1n) is 7.00. The Hall–Kier alpha value is -0.340. The molecule has 0 aliphatic heterocycles. The van der Waals surface area contributed by atoms with Gasteiger partial charge in [0.2, 0.25) is 0 Å². The molecule has 2 aromatic carbocycles. The summed E-state index contributed by atoms with van der Waals surface area (Å²) in [5.41, 5.74) is -0.847. The Morgan fingerprint density at radius 1 is 1.04 bits per heavy atom. The molecule has 0 fully saturated rings. The summed E-state index contributed by atoms with van der Waals surface area (Å²) in [7, 11) is 0. The molecule has 0 amide bonds. The van der Waals surface area contributed by atoms with Crippen LogP contribution in [0.4, 0.5) is 0 Å². The number of hydrogen-bond acceptors (Lipinski definition) is 3. The number of carbonyl (C=O) groups is 2. The van der Waals surface area contributed by atoms with E-state index in [1.54, 1.807) is 30.3 Å². The van der Waals surface area contributed by atoms with E-state index >= 15 is 0 Å². The smallest absolute Gasteiger partial charge is 0.347 e. The number of hydrogen-bond donors (Lipinski definition) is 2. The van der Waals surface area contributed by atoms with Gasteiger partial charge in [-0.1, -0.05) is 11.6 Å². The minimum Gasteiger partial charge on any atom is -0.478 e. The molecule has 0 aromatic heterocycles. The molecule has 0 aliphatic rings. The van der Waals surface area contributed by atoms with Crippen LogP contribution in [0.25, 0.3) is 0 Å². The SMILES string of the molecule is CC(C)(Oc1ccc(Cl)cc1)C(=O)O.O=C(O)c1cc(I)cc(I)c1I. The van der Waals surface area contributed by atoms with Crippen LogP contribution in [0, 0.1) is 10.7 Å². The lowest BCUT2D eigenvalue weighted by molar-refractivity contribution is -0.152. The number of ether oxygens (including phenoxy) is 1. The zero-order chi connectivity index (χ0) is 20.1. The van der Waals surface area contributed by atoms with E-state index in [0.717, 1.165) is 10.7 Å². The molecule has 0 spiro atoms. The van der Waals surface area contributed by atoms with Gasteiger partial charge in [0.1, 0.15) is 5.75 Å². The van der Waals surface area contributed by atoms with E-state index in [2.05, 4.69) is 45.2 Å². The molecule has 0 radical (unpaired) electrons. The van der Waals surface area contributed by atoms with Crippen molar-refractivity contribution in [2.45, 2.75) is 19.4 Å². The minimum absolute atomic E-state index is 0.381. The Bertz CT molecular complexity index is 807. The third-order valence-electron chi connectivity index (χ3n) is 2.93. The molecule has 2 rings (SSSR count). The number of carboxylic acids is 2. The molecular weight excluding hydrogens is 700 g/mol. The summed E-state index contributed by atoms with van der Waals surface area (Å²) in [5, 5.41) is 18.2. The molecule has 26 heavy (non-hydrogen) atoms. The Morgan fingerprint density at radius 2 is 1.58 bits per heavy atom. The van der Waals surface area contributed by atoms with Crippen LogP contribution in [-0.4, -0.2) is 27.8 Å². The largest absolute Gasteiger partial charge is 0.478 e. The van der Waals surface area contributed by atoms with Crippen molar-refractivity contribution in [3.8, 4) is 5.75 Å². The number of rotatable bonds is 4. The zero-order valence-corrected chi connectivity index (χ0v) is 20.8. The Labute approximate surface area is 196 Å². The van der Waals surface area contributed by atoms with Crippen LogP contribution >= 0.6 is 79.4 Å². The first-order chi connectivity index (χ1) is 11.9. The van der Waals surface area contributed by atoms with E-state index in [1.807, 2.05) is 28.7 Å². The van der Waals surface area contributed by atoms with Crippen molar-refractivity contribution in [3.05, 3.63) is 57.7 Å². The summed E-state index contributed by atoms with van der Waals surface area (Å²) in [4.78, 5) is 21.5. The fourth-order valence-electron chi connectivity index (χ4n) is 1.55. The summed E-state index contributed by atoms with van der Waals surface area (Å²) < 4.78 is 8.00. The summed E-state index contributed by atoms with van der Waals surface area (Å²) in [6.45, 7) is 2.98. The third kappa shape index (κ3) is 7.35. The second-order valence-electron chi connectivity index (χ2n) is 5.43. The summed E-state index contributed by atoms with van der Waals surface area (Å²) >= 11 is 12.0. The maximum Gasteiger partial charge on any atom is 0.347 e. The van der Waals surface area contributed by atoms with Crippen LogP contribution in [-0.2, 0) is 4.79 Å². The van der Waals surface area contributed by atoms with Crippen molar-refractivity contribution in [3.63, 3.8) is 0 Å². The molecule has 0 saturated heterocycles. The lowest BCUT2D eigenvalue weighted by atomic mass is 10.1. The third-order valence-corrected chi connectivity index (χ3v) is 6.84. The van der Waals surface area contributed by atoms with Gasteiger partial charge >= 0.3 is 11.9 Å². The van der Waals surface area contributed by atoms with Crippen molar-refractivity contribution >= 4 is 91.3 Å². The minimum atomic E-state index is -1.23. The van der Waals surface area contributed by atoms with E-state index in [4.69, 9.17) is 26.6 Å². The average Bonchev–Trinajstić information content (AvgIpc) is 2.53. The van der Waals surface area contributed by atoms with Crippen molar-refractivity contribution in [2.24, 2.45) is 0 Å². The van der Waals surface area contributed by atoms with Gasteiger partial charge in [0.05, 0.1) is 5.56 Å². The first-order valence-corrected chi connectivity index (χ1v) is 10.6. The van der Waals surface area contributed by atoms with Crippen LogP contribution in [0.1, 0.15) is 24.2 Å². The standard InChI is InChI=1S/C10H11ClO3.C7H3I3O2/c1-10(2,9(12)13)14-8-5-3-7(11)4-6-8;8-3-1-4(7(11)12)6(10)5(9)2-3/h3-6H,1-2H3,(H,12,13);1-2H,(H,11,12). The van der Waals surface area contributed by atoms with Crippen LogP contribution in [0.5, 0.6) is 5.75 Å². The fraction of sp³-hybridized carbons (Fsp3) is 0.176. The summed E-state index contributed by atoms with van der Waals surface area (Å²) in [6.07, 6.45) is 0. The first kappa shape index (κ1) is 23.7. The molecule has 0 saturated carbocycles. The molecule has 0 heterocycles. The topological polar surface area (TPSA) is 83.8 Å². The van der Waals surface area contributed by atoms with E-state index in [9.17, 15) is 9.59 Å². The summed E-state index contributed by atoms with van der Waals surface area (Å²) in [6, 6.07) is 10.2. The van der Waals surface area contributed by atoms with Crippen LogP contribution in [0.2, 0.25) is 5.02 Å². The van der Waals surface area contributed by atoms with Gasteiger partial charge in [-0.3, -0.25) is 0 Å². The number of aromatic carboxylic acids is 1. The van der Waals surface area contributed by atoms with Crippen molar-refractivity contribution < 1.29 is 24.5 Å². The summed E-state index contributed by atoms with van der Waals surface area (Å²) in [5.74, 6) is -1.38. The molecule has 0 bridgehead atoms. The van der Waals surface area contributed by atoms with Gasteiger partial charge < -0.3 is 14.9 Å². The van der Waals surface area contributed by atoms with Crippen LogP contribution in [0.3, 0.4) is 0 Å². The van der Waals surface area contributed by atoms with Crippen molar-refractivity contribution in [1.29, 1.82) is 0 Å². The maximum absolute atomic E-state index is 10.7. The zero-order valence-electron chi connectivity index (χ0n) is 13.6. The predicted molar refractivity (Wildman–Crippen MR) is 125 cm³/mol. The highest BCUT2D eigenvalue weighted by Crippen LogP contribution is 2.23. The van der Waals surface area contributed by atoms with E-state index < -0.39 is 17.5 Å². The van der Waals surface area contributed by atoms with Gasteiger partial charge in [-0.25, -0.2) is 9.59 Å². The Balaban J connectivity index is 0.000000263. The number of aliphatic carboxylic acids is 1. The van der Waals surface area contributed by atoms with Gasteiger partial charge in [-0.15, -0.1) is 0 Å². The highest BCUT2D eigenvalue weighted by atomic mass is 127. The van der Waals surface area contributed by atoms with Crippen LogP contribution < -0.4 is 4.74 Å². The number of carboxylic acid groups (broad SMARTS) is 2. The highest BCUT2D eigenvalue weighted by Gasteiger charge is 2.29. The molecule has 0 aliphatic carbocycles. The highest BCUT2D eigenvalue weighted by molar-refractivity contribution is 14.1. The Kier molecular flexibility index (Phi) is 9.36. The average molecular weight is 714 g/mol. The lowest BCUT2D eigenvalue weighted by Gasteiger charge is -2.21. The normalized spacial score (nSPS) is 10.5. The predicted octanol–water partition coefficient (Wildman–Crippen LogP) is 5.78. The van der Waals surface area contributed by atoms with E-state index in [1.165, 1.54) is 13.8 Å². The maximum atomic E-state index is 10.7. The van der Waals surface area contributed by atoms with Gasteiger partial charge in [-0.2, -0.15) is 0 Å². The molecule has 0 unspecified atom stereocenters. The Morgan fingerprint density at radius 3 is 2.04 bits per heavy atom. The number of benzene rings is 2. The molecule has 5 nitrogen and oxygen atoms in total. The van der Waals surface area contributed by atoms with Gasteiger partial charge in [-0.05, 0) is 118 Å². The second kappa shape index (κ2) is 10.3. The molecule has 0 atom stereocenters. The van der Waals surface area contributed by atoms with E-state index in [-0.39, 0.29) is 0 Å². The van der Waals surface area contributed by atoms with Gasteiger partial charge in [0, 0.05) is 15.7 Å². The molecule has 9 heteroatoms. The van der Waals surface area contributed by atoms with Crippen LogP contribution in [0.15, 0.2) is 36.4 Å². The molecule has 2 N–H and O–H groups in total. The quantitative estimate of drug-likeness (QED) is 0.310. The lowest BCUT2D eigenvalue weighted by Crippen LogP contribution is -2.37. The van der Waals surface area contributed by atoms with Gasteiger partial charge in [0.25, 0.3) is 0 Å². The van der Waals surface area contributed by atoms with Crippen molar-refractivity contribution in [2.75, 3.05) is 0 Å². The molecular formula is C17H14ClI3O5. The van der Waals surface area contributed by atoms with Crippen molar-refractivity contribution in [1.82, 2.24) is 0 Å². The monoisotopic (exact) mass is 714 g/mol. The van der Waals surface area contributed by atoms with E-state index in [0.29, 0.717) is 16.3 Å². The molecule has 140 valence electrons. The fourth-order valence-corrected chi connectivity index (χ4v) is 4.07. The second-order valence-corrected chi connectivity index (χ2v) is 9.35. The number of halogens is 4. The van der Waals surface area contributed by atoms with Gasteiger partial charge in [0.15, 0.2) is 5.60 Å².